The average Bonchev–Trinajstić information content (AvgIpc) is 2.13. The molecule has 0 fully saturated rings. The molecule has 0 atom stereocenters. The summed E-state index contributed by atoms with van der Waals surface area (Å²) in [6.07, 6.45) is 1.47. The lowest BCUT2D eigenvalue weighted by molar-refractivity contribution is 0.399. The molecule has 0 saturated carbocycles. The third-order valence-electron chi connectivity index (χ3n) is 0.940. The van der Waals surface area contributed by atoms with E-state index >= 15 is 0 Å². The van der Waals surface area contributed by atoms with Crippen LogP contribution in [0.1, 0.15) is 5.56 Å². The van der Waals surface area contributed by atoms with Gasteiger partial charge in [0.05, 0.1) is 0 Å². The zero-order valence-corrected chi connectivity index (χ0v) is 8.47. The third-order valence-corrected chi connectivity index (χ3v) is 0.940. The van der Waals surface area contributed by atoms with Gasteiger partial charge in [-0.15, -0.1) is 11.6 Å². The molecule has 3 heteroatoms. The third kappa shape index (κ3) is 12.1. The van der Waals surface area contributed by atoms with E-state index in [0.29, 0.717) is 0 Å². The molecule has 3 N–H and O–H groups in total. The number of hydrogen-bond acceptors (Lipinski definition) is 1. The predicted octanol–water partition coefficient (Wildman–Crippen LogP) is 1.63. The Morgan fingerprint density at radius 1 is 1.00 bits per heavy atom. The van der Waals surface area contributed by atoms with E-state index in [1.165, 1.54) is 11.9 Å². The van der Waals surface area contributed by atoms with Gasteiger partial charge in [0.25, 0.3) is 0 Å². The molecule has 0 radical (unpaired) electrons. The molecule has 0 aliphatic carbocycles. The molecule has 0 spiro atoms. The minimum absolute atomic E-state index is 0. The second-order valence-corrected chi connectivity index (χ2v) is 1.65. The van der Waals surface area contributed by atoms with E-state index in [9.17, 15) is 0 Å². The highest BCUT2D eigenvalue weighted by molar-refractivity contribution is 6.15. The van der Waals surface area contributed by atoms with E-state index in [0.717, 1.165) is 7.11 Å². The highest BCUT2D eigenvalue weighted by Crippen LogP contribution is 1.92. The Morgan fingerprint density at radius 2 is 1.33 bits per heavy atom. The number of rotatable bonds is 0. The van der Waals surface area contributed by atoms with Gasteiger partial charge in [-0.2, -0.15) is 0 Å². The van der Waals surface area contributed by atoms with E-state index in [1.807, 2.05) is 18.2 Å². The zero-order valence-electron chi connectivity index (χ0n) is 7.71. The summed E-state index contributed by atoms with van der Waals surface area (Å²) in [4.78, 5) is 0. The van der Waals surface area contributed by atoms with Gasteiger partial charge < -0.3 is 10.6 Å². The van der Waals surface area contributed by atoms with Gasteiger partial charge in [0.2, 0.25) is 0 Å². The van der Waals surface area contributed by atoms with Crippen molar-refractivity contribution in [1.29, 1.82) is 0 Å². The van der Waals surface area contributed by atoms with Crippen LogP contribution < -0.4 is 0 Å². The summed E-state index contributed by atoms with van der Waals surface area (Å²) in [7, 11) is 1.00. The summed E-state index contributed by atoms with van der Waals surface area (Å²) < 4.78 is 0. The molecule has 0 amide bonds. The fraction of sp³-hybridized carbons (Fsp3) is 0.333. The molecule has 1 aromatic rings. The summed E-state index contributed by atoms with van der Waals surface area (Å²) in [5, 5.41) is 7.00. The van der Waals surface area contributed by atoms with Crippen LogP contribution in [0.5, 0.6) is 0 Å². The monoisotopic (exact) mass is 192 g/mol. The van der Waals surface area contributed by atoms with Gasteiger partial charge in [0, 0.05) is 13.5 Å². The molecule has 72 valence electrons. The van der Waals surface area contributed by atoms with Gasteiger partial charge >= 0.3 is 0 Å². The van der Waals surface area contributed by atoms with Crippen molar-refractivity contribution in [3.05, 3.63) is 35.9 Å². The van der Waals surface area contributed by atoms with Crippen molar-refractivity contribution < 1.29 is 10.6 Å². The maximum atomic E-state index is 7.00. The van der Waals surface area contributed by atoms with Crippen LogP contribution in [0, 0.1) is 6.92 Å². The Kier molecular flexibility index (Phi) is 24.5. The van der Waals surface area contributed by atoms with Crippen molar-refractivity contribution in [3.8, 4) is 0 Å². The minimum Gasteiger partial charge on any atom is -0.412 e. The summed E-state index contributed by atoms with van der Waals surface area (Å²) in [5.41, 5.74) is 1.32. The fourth-order valence-electron chi connectivity index (χ4n) is 0.534. The molecule has 0 bridgehead atoms. The second-order valence-electron chi connectivity index (χ2n) is 1.65. The van der Waals surface area contributed by atoms with Crippen LogP contribution >= 0.6 is 11.6 Å². The maximum absolute atomic E-state index is 7.00. The van der Waals surface area contributed by atoms with Crippen molar-refractivity contribution in [2.75, 3.05) is 13.5 Å². The molecule has 2 nitrogen and oxygen atoms in total. The molecule has 0 aliphatic rings. The van der Waals surface area contributed by atoms with Crippen LogP contribution in [0.2, 0.25) is 0 Å². The summed E-state index contributed by atoms with van der Waals surface area (Å²) in [6, 6.07) is 10.3. The number of aryl methyl sites for hydroxylation is 1. The lowest BCUT2D eigenvalue weighted by Gasteiger charge is -1.82. The molecule has 0 aromatic heterocycles. The average molecular weight is 193 g/mol. The van der Waals surface area contributed by atoms with Gasteiger partial charge in [-0.3, -0.25) is 0 Å². The lowest BCUT2D eigenvalue weighted by Crippen LogP contribution is -1.62. The minimum atomic E-state index is 0. The highest BCUT2D eigenvalue weighted by Gasteiger charge is 1.72. The largest absolute Gasteiger partial charge is 0.412 e. The van der Waals surface area contributed by atoms with Crippen molar-refractivity contribution in [2.24, 2.45) is 0 Å². The maximum Gasteiger partial charge on any atom is 0.0319 e. The highest BCUT2D eigenvalue weighted by atomic mass is 35.5. The molecular weight excluding hydrogens is 176 g/mol. The zero-order chi connectivity index (χ0) is 9.11. The van der Waals surface area contributed by atoms with Crippen molar-refractivity contribution in [1.82, 2.24) is 0 Å². The van der Waals surface area contributed by atoms with Crippen molar-refractivity contribution >= 4 is 11.6 Å². The number of hydrogen-bond donors (Lipinski definition) is 1. The van der Waals surface area contributed by atoms with Gasteiger partial charge in [-0.1, -0.05) is 35.9 Å². The number of aliphatic hydroxyl groups is 1. The quantitative estimate of drug-likeness (QED) is 0.625. The molecule has 1 rings (SSSR count). The molecule has 0 heterocycles. The first-order valence-corrected chi connectivity index (χ1v) is 3.99. The Balaban J connectivity index is -0.000000144. The van der Waals surface area contributed by atoms with Crippen LogP contribution in [-0.4, -0.2) is 24.1 Å². The first-order chi connectivity index (χ1) is 5.39. The lowest BCUT2D eigenvalue weighted by atomic mass is 10.2. The van der Waals surface area contributed by atoms with Crippen molar-refractivity contribution in [2.45, 2.75) is 6.92 Å². The predicted molar refractivity (Wildman–Crippen MR) is 54.7 cm³/mol. The van der Waals surface area contributed by atoms with Crippen molar-refractivity contribution in [3.63, 3.8) is 0 Å². The summed E-state index contributed by atoms with van der Waals surface area (Å²) >= 11 is 4.64. The van der Waals surface area contributed by atoms with E-state index in [4.69, 9.17) is 5.11 Å². The van der Waals surface area contributed by atoms with Gasteiger partial charge in [-0.05, 0) is 6.92 Å². The van der Waals surface area contributed by atoms with Crippen LogP contribution in [0.4, 0.5) is 0 Å². The Bertz CT molecular complexity index is 142. The van der Waals surface area contributed by atoms with Gasteiger partial charge in [0.1, 0.15) is 0 Å². The van der Waals surface area contributed by atoms with Crippen LogP contribution in [0.3, 0.4) is 0 Å². The number of halogens is 1. The summed E-state index contributed by atoms with van der Waals surface area (Å²) in [6.45, 7) is 2.08. The van der Waals surface area contributed by atoms with E-state index in [1.54, 1.807) is 0 Å². The molecule has 0 unspecified atom stereocenters. The van der Waals surface area contributed by atoms with Gasteiger partial charge in [-0.25, -0.2) is 0 Å². The topological polar surface area (TPSA) is 51.7 Å². The van der Waals surface area contributed by atoms with E-state index in [-0.39, 0.29) is 5.48 Å². The first-order valence-electron chi connectivity index (χ1n) is 3.24. The number of benzene rings is 1. The molecule has 1 aromatic carbocycles. The Morgan fingerprint density at radius 3 is 1.50 bits per heavy atom. The van der Waals surface area contributed by atoms with Gasteiger partial charge in [0.15, 0.2) is 0 Å². The molecule has 12 heavy (non-hydrogen) atoms. The number of alkyl halides is 1. The SMILES string of the molecule is CCl.CO.Cc1ccccc1.O. The Labute approximate surface area is 79.1 Å². The standard InChI is InChI=1S/C7H8.CH3Cl.CH4O.H2O/c1-7-5-3-2-4-6-7;2*1-2;/h2-6H,1H3;1H3;2H,1H3;1H2. The van der Waals surface area contributed by atoms with Crippen LogP contribution in [-0.2, 0) is 0 Å². The smallest absolute Gasteiger partial charge is 0.0319 e. The van der Waals surface area contributed by atoms with Crippen LogP contribution in [0.15, 0.2) is 30.3 Å². The number of aliphatic hydroxyl groups excluding tert-OH is 1. The molecule has 0 saturated heterocycles. The fourth-order valence-corrected chi connectivity index (χ4v) is 0.534. The Hall–Kier alpha value is -0.570. The normalized spacial score (nSPS) is 6.08. The first kappa shape index (κ1) is 17.5. The molecular formula is C9H17ClO2. The molecule has 0 aliphatic heterocycles. The van der Waals surface area contributed by atoms with E-state index < -0.39 is 0 Å². The second kappa shape index (κ2) is 16.8. The summed E-state index contributed by atoms with van der Waals surface area (Å²) in [5.74, 6) is 0. The van der Waals surface area contributed by atoms with Crippen LogP contribution in [0.25, 0.3) is 0 Å². The van der Waals surface area contributed by atoms with E-state index in [2.05, 4.69) is 30.7 Å².